The van der Waals surface area contributed by atoms with E-state index in [1.807, 2.05) is 0 Å². The van der Waals surface area contributed by atoms with Crippen LogP contribution in [-0.4, -0.2) is 40.9 Å². The third-order valence-electron chi connectivity index (χ3n) is 3.89. The van der Waals surface area contributed by atoms with Gasteiger partial charge in [-0.3, -0.25) is 4.57 Å². The highest BCUT2D eigenvalue weighted by molar-refractivity contribution is 7.71. The van der Waals surface area contributed by atoms with Crippen molar-refractivity contribution in [3.63, 3.8) is 0 Å². The number of piperazine rings is 1. The largest absolute Gasteiger partial charge is 0.368 e. The molecule has 1 aromatic carbocycles. The molecular formula is C15H21N5S. The second-order valence-electron chi connectivity index (χ2n) is 5.60. The summed E-state index contributed by atoms with van der Waals surface area (Å²) >= 11 is 5.33. The fraction of sp³-hybridized carbons (Fsp3) is 0.467. The van der Waals surface area contributed by atoms with Gasteiger partial charge in [0.25, 0.3) is 0 Å². The fourth-order valence-electron chi connectivity index (χ4n) is 2.79. The van der Waals surface area contributed by atoms with Crippen molar-refractivity contribution in [1.29, 1.82) is 0 Å². The molecule has 0 radical (unpaired) electrons. The van der Waals surface area contributed by atoms with E-state index in [1.165, 1.54) is 5.69 Å². The lowest BCUT2D eigenvalue weighted by Gasteiger charge is -2.36. The molecule has 0 unspecified atom stereocenters. The summed E-state index contributed by atoms with van der Waals surface area (Å²) in [5, 5.41) is 7.33. The summed E-state index contributed by atoms with van der Waals surface area (Å²) in [6.07, 6.45) is 0. The van der Waals surface area contributed by atoms with Crippen LogP contribution < -0.4 is 9.80 Å². The average molecular weight is 303 g/mol. The molecule has 0 atom stereocenters. The van der Waals surface area contributed by atoms with Crippen LogP contribution in [0.15, 0.2) is 30.3 Å². The van der Waals surface area contributed by atoms with Gasteiger partial charge in [-0.2, -0.15) is 0 Å². The Labute approximate surface area is 130 Å². The van der Waals surface area contributed by atoms with Crippen LogP contribution in [0.1, 0.15) is 19.9 Å². The molecule has 0 aliphatic carbocycles. The Morgan fingerprint density at radius 3 is 2.29 bits per heavy atom. The summed E-state index contributed by atoms with van der Waals surface area (Å²) < 4.78 is 2.79. The first-order valence-electron chi connectivity index (χ1n) is 7.38. The maximum absolute atomic E-state index is 5.33. The predicted octanol–water partition coefficient (Wildman–Crippen LogP) is 2.85. The number of anilines is 2. The molecule has 1 saturated heterocycles. The van der Waals surface area contributed by atoms with Crippen molar-refractivity contribution in [2.45, 2.75) is 19.9 Å². The highest BCUT2D eigenvalue weighted by Crippen LogP contribution is 2.21. The molecule has 1 aliphatic rings. The summed E-state index contributed by atoms with van der Waals surface area (Å²) in [5.41, 5.74) is 1.29. The molecule has 1 fully saturated rings. The van der Waals surface area contributed by atoms with Gasteiger partial charge >= 0.3 is 0 Å². The smallest absolute Gasteiger partial charge is 0.226 e. The van der Waals surface area contributed by atoms with E-state index in [0.29, 0.717) is 10.8 Å². The number of hydrogen-bond donors (Lipinski definition) is 1. The predicted molar refractivity (Wildman–Crippen MR) is 88.7 cm³/mol. The first kappa shape index (κ1) is 14.1. The molecule has 21 heavy (non-hydrogen) atoms. The van der Waals surface area contributed by atoms with Gasteiger partial charge in [-0.15, -0.1) is 5.10 Å². The Morgan fingerprint density at radius 1 is 1.05 bits per heavy atom. The molecule has 6 heteroatoms. The van der Waals surface area contributed by atoms with Gasteiger partial charge in [0.2, 0.25) is 5.95 Å². The van der Waals surface area contributed by atoms with Gasteiger partial charge in [-0.25, -0.2) is 5.10 Å². The molecule has 0 amide bonds. The number of nitrogens with one attached hydrogen (secondary N) is 1. The molecule has 1 N–H and O–H groups in total. The molecule has 1 aromatic heterocycles. The zero-order valence-corrected chi connectivity index (χ0v) is 13.3. The fourth-order valence-corrected chi connectivity index (χ4v) is 3.13. The Hall–Kier alpha value is -1.82. The Balaban J connectivity index is 1.73. The molecule has 2 aromatic rings. The van der Waals surface area contributed by atoms with E-state index >= 15 is 0 Å². The first-order chi connectivity index (χ1) is 10.2. The van der Waals surface area contributed by atoms with Gasteiger partial charge in [0.1, 0.15) is 0 Å². The molecule has 5 nitrogen and oxygen atoms in total. The van der Waals surface area contributed by atoms with Crippen molar-refractivity contribution >= 4 is 23.9 Å². The average Bonchev–Trinajstić information content (AvgIpc) is 2.90. The standard InChI is InChI=1S/C15H21N5S/c1-12(2)20-14(16-17-15(20)21)19-10-8-18(9-11-19)13-6-4-3-5-7-13/h3-7,12H,8-11H2,1-2H3,(H,17,21). The Morgan fingerprint density at radius 2 is 1.67 bits per heavy atom. The van der Waals surface area contributed by atoms with E-state index in [-0.39, 0.29) is 0 Å². The third kappa shape index (κ3) is 2.81. The number of aromatic nitrogens is 3. The van der Waals surface area contributed by atoms with Gasteiger partial charge in [0, 0.05) is 37.9 Å². The van der Waals surface area contributed by atoms with Crippen LogP contribution in [0, 0.1) is 4.77 Å². The van der Waals surface area contributed by atoms with Crippen LogP contribution in [0.3, 0.4) is 0 Å². The molecule has 0 bridgehead atoms. The second kappa shape index (κ2) is 5.89. The highest BCUT2D eigenvalue weighted by Gasteiger charge is 2.22. The van der Waals surface area contributed by atoms with E-state index in [2.05, 4.69) is 68.7 Å². The normalized spacial score (nSPS) is 15.8. The molecule has 3 rings (SSSR count). The van der Waals surface area contributed by atoms with E-state index in [4.69, 9.17) is 12.2 Å². The van der Waals surface area contributed by atoms with Crippen LogP contribution in [0.5, 0.6) is 0 Å². The third-order valence-corrected chi connectivity index (χ3v) is 4.17. The minimum atomic E-state index is 0.318. The van der Waals surface area contributed by atoms with E-state index < -0.39 is 0 Å². The quantitative estimate of drug-likeness (QED) is 0.885. The molecule has 0 saturated carbocycles. The number of rotatable bonds is 3. The van der Waals surface area contributed by atoms with Crippen molar-refractivity contribution in [3.8, 4) is 0 Å². The summed E-state index contributed by atoms with van der Waals surface area (Å²) in [6.45, 7) is 8.19. The van der Waals surface area contributed by atoms with Crippen molar-refractivity contribution in [3.05, 3.63) is 35.1 Å². The molecule has 0 spiro atoms. The second-order valence-corrected chi connectivity index (χ2v) is 5.99. The Bertz CT molecular complexity index is 638. The maximum atomic E-state index is 5.33. The van der Waals surface area contributed by atoms with Crippen molar-refractivity contribution < 1.29 is 0 Å². The number of hydrogen-bond acceptors (Lipinski definition) is 4. The lowest BCUT2D eigenvalue weighted by molar-refractivity contribution is 0.561. The van der Waals surface area contributed by atoms with Crippen molar-refractivity contribution in [2.75, 3.05) is 36.0 Å². The first-order valence-corrected chi connectivity index (χ1v) is 7.79. The van der Waals surface area contributed by atoms with Gasteiger partial charge < -0.3 is 9.80 Å². The van der Waals surface area contributed by atoms with Gasteiger partial charge in [-0.05, 0) is 38.2 Å². The van der Waals surface area contributed by atoms with Crippen LogP contribution in [-0.2, 0) is 0 Å². The lowest BCUT2D eigenvalue weighted by Crippen LogP contribution is -2.47. The molecule has 1 aliphatic heterocycles. The van der Waals surface area contributed by atoms with Crippen LogP contribution in [0.2, 0.25) is 0 Å². The summed E-state index contributed by atoms with van der Waals surface area (Å²) in [4.78, 5) is 4.73. The van der Waals surface area contributed by atoms with E-state index in [9.17, 15) is 0 Å². The van der Waals surface area contributed by atoms with Gasteiger partial charge in [-0.1, -0.05) is 18.2 Å². The summed E-state index contributed by atoms with van der Waals surface area (Å²) in [6, 6.07) is 10.9. The topological polar surface area (TPSA) is 40.1 Å². The number of para-hydroxylation sites is 1. The van der Waals surface area contributed by atoms with Gasteiger partial charge in [0.05, 0.1) is 0 Å². The molecular weight excluding hydrogens is 282 g/mol. The van der Waals surface area contributed by atoms with Crippen LogP contribution in [0.25, 0.3) is 0 Å². The number of nitrogens with zero attached hydrogens (tertiary/aromatic N) is 4. The zero-order valence-electron chi connectivity index (χ0n) is 12.5. The van der Waals surface area contributed by atoms with E-state index in [1.54, 1.807) is 0 Å². The minimum Gasteiger partial charge on any atom is -0.368 e. The minimum absolute atomic E-state index is 0.318. The Kier molecular flexibility index (Phi) is 3.96. The molecule has 112 valence electrons. The van der Waals surface area contributed by atoms with Crippen LogP contribution in [0.4, 0.5) is 11.6 Å². The van der Waals surface area contributed by atoms with Crippen molar-refractivity contribution in [1.82, 2.24) is 14.8 Å². The van der Waals surface area contributed by atoms with Gasteiger partial charge in [0.15, 0.2) is 4.77 Å². The summed E-state index contributed by atoms with van der Waals surface area (Å²) in [5.74, 6) is 0.961. The SMILES string of the molecule is CC(C)n1c(N2CCN(c3ccccc3)CC2)n[nH]c1=S. The number of aromatic amines is 1. The maximum Gasteiger partial charge on any atom is 0.226 e. The zero-order chi connectivity index (χ0) is 14.8. The highest BCUT2D eigenvalue weighted by atomic mass is 32.1. The lowest BCUT2D eigenvalue weighted by atomic mass is 10.2. The number of benzene rings is 1. The van der Waals surface area contributed by atoms with Crippen LogP contribution >= 0.6 is 12.2 Å². The number of H-pyrrole nitrogens is 1. The van der Waals surface area contributed by atoms with E-state index in [0.717, 1.165) is 32.1 Å². The van der Waals surface area contributed by atoms with Crippen molar-refractivity contribution in [2.24, 2.45) is 0 Å². The monoisotopic (exact) mass is 303 g/mol. The molecule has 2 heterocycles. The summed E-state index contributed by atoms with van der Waals surface area (Å²) in [7, 11) is 0.